The minimum atomic E-state index is -6.46. The summed E-state index contributed by atoms with van der Waals surface area (Å²) in [4.78, 5) is 0. The smallest absolute Gasteiger partial charge is 0.281 e. The Kier molecular flexibility index (Phi) is 4.61. The van der Waals surface area contributed by atoms with Crippen LogP contribution in [0.2, 0.25) is 0 Å². The van der Waals surface area contributed by atoms with Gasteiger partial charge in [-0.3, -0.25) is 4.55 Å². The molecule has 0 saturated carbocycles. The number of hydrogen-bond donors (Lipinski definition) is 1. The van der Waals surface area contributed by atoms with Gasteiger partial charge in [0.05, 0.1) is 0 Å². The highest BCUT2D eigenvalue weighted by molar-refractivity contribution is 7.87. The Balaban J connectivity index is 5.40. The monoisotopic (exact) mass is 320 g/mol. The van der Waals surface area contributed by atoms with E-state index < -0.39 is 45.7 Å². The second-order valence-corrected chi connectivity index (χ2v) is 6.03. The minimum absolute atomic E-state index is 0.359. The van der Waals surface area contributed by atoms with Crippen LogP contribution in [-0.2, 0) is 10.1 Å². The lowest BCUT2D eigenvalue weighted by Gasteiger charge is -2.37. The van der Waals surface area contributed by atoms with Gasteiger partial charge in [0, 0.05) is 11.8 Å². The molecule has 19 heavy (non-hydrogen) atoms. The Bertz CT molecular complexity index is 424. The number of halogens is 7. The highest BCUT2D eigenvalue weighted by atomic mass is 32.2. The lowest BCUT2D eigenvalue weighted by Crippen LogP contribution is -2.55. The molecule has 0 radical (unpaired) electrons. The summed E-state index contributed by atoms with van der Waals surface area (Å²) in [7, 11) is -6.46. The van der Waals surface area contributed by atoms with Crippen molar-refractivity contribution in [3.63, 3.8) is 0 Å². The number of alkyl halides is 7. The van der Waals surface area contributed by atoms with Crippen molar-refractivity contribution in [2.45, 2.75) is 44.0 Å². The molecule has 0 aromatic carbocycles. The Morgan fingerprint density at radius 2 is 1.26 bits per heavy atom. The fraction of sp³-hybridized carbons (Fsp3) is 1.00. The van der Waals surface area contributed by atoms with Crippen LogP contribution < -0.4 is 0 Å². The third-order valence-corrected chi connectivity index (χ3v) is 3.48. The Labute approximate surface area is 104 Å². The largest absolute Gasteiger partial charge is 0.431 e. The third kappa shape index (κ3) is 3.71. The highest BCUT2D eigenvalue weighted by Gasteiger charge is 2.71. The molecule has 0 bridgehead atoms. The molecule has 3 nitrogen and oxygen atoms in total. The van der Waals surface area contributed by atoms with Crippen LogP contribution in [0.15, 0.2) is 0 Å². The lowest BCUT2D eigenvalue weighted by atomic mass is 9.81. The van der Waals surface area contributed by atoms with Crippen LogP contribution >= 0.6 is 0 Å². The zero-order chi connectivity index (χ0) is 15.9. The van der Waals surface area contributed by atoms with Crippen molar-refractivity contribution in [2.24, 2.45) is 5.41 Å². The van der Waals surface area contributed by atoms with Gasteiger partial charge in [-0.05, 0) is 6.42 Å². The Morgan fingerprint density at radius 3 is 1.53 bits per heavy atom. The molecule has 0 heterocycles. The SMILES string of the molecule is CC(C)(CCC(F)(F)F)C(F)(F)C(F)(F)S(=O)(=O)O. The zero-order valence-electron chi connectivity index (χ0n) is 9.73. The van der Waals surface area contributed by atoms with Crippen LogP contribution in [0, 0.1) is 5.41 Å². The van der Waals surface area contributed by atoms with E-state index in [9.17, 15) is 39.2 Å². The minimum Gasteiger partial charge on any atom is -0.281 e. The molecule has 0 rings (SSSR count). The van der Waals surface area contributed by atoms with E-state index in [2.05, 4.69) is 0 Å². The molecule has 0 aliphatic heterocycles. The average Bonchev–Trinajstić information content (AvgIpc) is 2.11. The van der Waals surface area contributed by atoms with Crippen molar-refractivity contribution in [2.75, 3.05) is 0 Å². The summed E-state index contributed by atoms with van der Waals surface area (Å²) in [5, 5.41) is -5.88. The Morgan fingerprint density at radius 1 is 0.895 bits per heavy atom. The summed E-state index contributed by atoms with van der Waals surface area (Å²) >= 11 is 0. The van der Waals surface area contributed by atoms with E-state index in [0.717, 1.165) is 0 Å². The first-order valence-corrected chi connectivity index (χ1v) is 6.19. The van der Waals surface area contributed by atoms with Crippen LogP contribution in [0.5, 0.6) is 0 Å². The van der Waals surface area contributed by atoms with Crippen LogP contribution in [0.3, 0.4) is 0 Å². The van der Waals surface area contributed by atoms with E-state index >= 15 is 0 Å². The molecule has 0 atom stereocenters. The molecule has 0 fully saturated rings. The molecule has 0 aliphatic carbocycles. The molecule has 1 N–H and O–H groups in total. The number of hydrogen-bond acceptors (Lipinski definition) is 2. The normalized spacial score (nSPS) is 15.7. The first-order valence-electron chi connectivity index (χ1n) is 4.75. The van der Waals surface area contributed by atoms with Gasteiger partial charge in [-0.25, -0.2) is 0 Å². The molecule has 11 heteroatoms. The van der Waals surface area contributed by atoms with Gasteiger partial charge in [0.15, 0.2) is 0 Å². The highest BCUT2D eigenvalue weighted by Crippen LogP contribution is 2.52. The maximum absolute atomic E-state index is 13.4. The van der Waals surface area contributed by atoms with Crippen LogP contribution in [0.25, 0.3) is 0 Å². The predicted octanol–water partition coefficient (Wildman–Crippen LogP) is 3.47. The van der Waals surface area contributed by atoms with Crippen molar-refractivity contribution in [3.05, 3.63) is 0 Å². The van der Waals surface area contributed by atoms with Gasteiger partial charge in [-0.1, -0.05) is 13.8 Å². The fourth-order valence-corrected chi connectivity index (χ4v) is 1.77. The molecule has 116 valence electrons. The molecule has 0 unspecified atom stereocenters. The van der Waals surface area contributed by atoms with E-state index in [4.69, 9.17) is 4.55 Å². The fourth-order valence-electron chi connectivity index (χ4n) is 1.17. The summed E-state index contributed by atoms with van der Waals surface area (Å²) in [5.41, 5.74) is -3.00. The molecular formula is C8H11F7O3S. The van der Waals surface area contributed by atoms with Gasteiger partial charge in [0.25, 0.3) is 0 Å². The van der Waals surface area contributed by atoms with Crippen LogP contribution in [-0.4, -0.2) is 30.3 Å². The average molecular weight is 320 g/mol. The van der Waals surface area contributed by atoms with Gasteiger partial charge in [0.2, 0.25) is 0 Å². The number of rotatable bonds is 5. The molecule has 0 aromatic heterocycles. The van der Waals surface area contributed by atoms with Gasteiger partial charge in [0.1, 0.15) is 0 Å². The van der Waals surface area contributed by atoms with E-state index in [1.165, 1.54) is 0 Å². The van der Waals surface area contributed by atoms with Crippen molar-refractivity contribution < 1.29 is 43.7 Å². The summed E-state index contributed by atoms with van der Waals surface area (Å²) in [6, 6.07) is 0. The van der Waals surface area contributed by atoms with Gasteiger partial charge < -0.3 is 0 Å². The quantitative estimate of drug-likeness (QED) is 0.623. The van der Waals surface area contributed by atoms with Gasteiger partial charge in [-0.15, -0.1) is 0 Å². The Hall–Kier alpha value is -0.580. The van der Waals surface area contributed by atoms with Gasteiger partial charge in [-0.2, -0.15) is 39.2 Å². The first-order chi connectivity index (χ1) is 7.96. The van der Waals surface area contributed by atoms with Crippen molar-refractivity contribution in [3.8, 4) is 0 Å². The maximum atomic E-state index is 13.4. The topological polar surface area (TPSA) is 54.4 Å². The molecule has 0 aromatic rings. The zero-order valence-corrected chi connectivity index (χ0v) is 10.5. The predicted molar refractivity (Wildman–Crippen MR) is 50.5 cm³/mol. The standard InChI is InChI=1S/C8H11F7O3S/c1-5(2,3-4-6(9,10)11)7(12,13)8(14,15)19(16,17)18/h3-4H2,1-2H3,(H,16,17,18). The molecular weight excluding hydrogens is 309 g/mol. The van der Waals surface area contributed by atoms with Crippen LogP contribution in [0.1, 0.15) is 26.7 Å². The molecule has 0 saturated heterocycles. The summed E-state index contributed by atoms with van der Waals surface area (Å²) in [6.45, 7) is 0.718. The lowest BCUT2D eigenvalue weighted by molar-refractivity contribution is -0.231. The second kappa shape index (κ2) is 4.76. The van der Waals surface area contributed by atoms with Crippen molar-refractivity contribution in [1.29, 1.82) is 0 Å². The summed E-state index contributed by atoms with van der Waals surface area (Å²) < 4.78 is 117. The molecule has 0 spiro atoms. The van der Waals surface area contributed by atoms with Crippen molar-refractivity contribution >= 4 is 10.1 Å². The van der Waals surface area contributed by atoms with E-state index in [0.29, 0.717) is 13.8 Å². The van der Waals surface area contributed by atoms with Gasteiger partial charge >= 0.3 is 27.5 Å². The third-order valence-electron chi connectivity index (χ3n) is 2.57. The maximum Gasteiger partial charge on any atom is 0.431 e. The second-order valence-electron chi connectivity index (χ2n) is 4.57. The van der Waals surface area contributed by atoms with E-state index in [1.54, 1.807) is 0 Å². The van der Waals surface area contributed by atoms with E-state index in [-0.39, 0.29) is 0 Å². The summed E-state index contributed by atoms with van der Waals surface area (Å²) in [6.07, 6.45) is -8.09. The first kappa shape index (κ1) is 18.4. The van der Waals surface area contributed by atoms with Crippen molar-refractivity contribution in [1.82, 2.24) is 0 Å². The van der Waals surface area contributed by atoms with Crippen LogP contribution in [0.4, 0.5) is 30.7 Å². The van der Waals surface area contributed by atoms with E-state index in [1.807, 2.05) is 0 Å². The molecule has 0 amide bonds. The summed E-state index contributed by atoms with van der Waals surface area (Å²) in [5.74, 6) is -5.38. The molecule has 0 aliphatic rings.